The van der Waals surface area contributed by atoms with Crippen LogP contribution in [0.15, 0.2) is 0 Å². The third-order valence-corrected chi connectivity index (χ3v) is 0. The molecule has 0 aliphatic heterocycles. The molecular weight excluding hydrogens is 280 g/mol. The summed E-state index contributed by atoms with van der Waals surface area (Å²) in [5.74, 6) is 0. The van der Waals surface area contributed by atoms with Crippen molar-refractivity contribution in [1.29, 1.82) is 0 Å². The summed E-state index contributed by atoms with van der Waals surface area (Å²) in [6, 6.07) is 0. The van der Waals surface area contributed by atoms with Crippen LogP contribution in [0.3, 0.4) is 0 Å². The molecule has 0 radical (unpaired) electrons. The van der Waals surface area contributed by atoms with Gasteiger partial charge in [-0.3, -0.25) is 0 Å². The van der Waals surface area contributed by atoms with E-state index in [4.69, 9.17) is 20.3 Å². The van der Waals surface area contributed by atoms with Crippen LogP contribution < -0.4 is 0 Å². The molecule has 0 bridgehead atoms. The minimum Gasteiger partial charge on any atom is 0 e. The molecule has 0 nitrogen and oxygen atoms in total. The van der Waals surface area contributed by atoms with Crippen molar-refractivity contribution in [3.05, 3.63) is 0 Å². The van der Waals surface area contributed by atoms with Crippen molar-refractivity contribution < 1.29 is 53.3 Å². The Balaban J connectivity index is 0. The van der Waals surface area contributed by atoms with E-state index < -0.39 is 0 Å². The zero-order valence-corrected chi connectivity index (χ0v) is 6.67. The Morgan fingerprint density at radius 3 is 1.25 bits per heavy atom. The largest absolute Gasteiger partial charge is 0 e. The van der Waals surface area contributed by atoms with Crippen LogP contribution in [0, 0.1) is 40.4 Å². The third kappa shape index (κ3) is 8.83. The Morgan fingerprint density at radius 2 is 1.25 bits per heavy atom. The maximum absolute atomic E-state index is 4.73. The molecule has 0 saturated carbocycles. The van der Waals surface area contributed by atoms with Crippen LogP contribution in [0.1, 0.15) is 0 Å². The van der Waals surface area contributed by atoms with E-state index >= 15 is 0 Å². The summed E-state index contributed by atoms with van der Waals surface area (Å²) in [4.78, 5) is 0. The van der Waals surface area contributed by atoms with Crippen molar-refractivity contribution in [3.8, 4) is 0 Å². The first-order valence-corrected chi connectivity index (χ1v) is 3.12. The molecule has 0 aliphatic carbocycles. The summed E-state index contributed by atoms with van der Waals surface area (Å²) < 4.78 is 0. The predicted molar refractivity (Wildman–Crippen MR) is 11.7 cm³/mol. The fraction of sp³-hybridized carbons (Fsp3) is 0. The number of rotatable bonds is 0. The van der Waals surface area contributed by atoms with Gasteiger partial charge in [-0.05, 0) is 0 Å². The van der Waals surface area contributed by atoms with Crippen molar-refractivity contribution in [2.45, 2.75) is 0 Å². The Kier molecular flexibility index (Phi) is 21.9. The van der Waals surface area contributed by atoms with E-state index in [0.717, 1.165) is 0 Å². The van der Waals surface area contributed by atoms with Gasteiger partial charge in [-0.2, -0.15) is 0 Å². The SMILES string of the molecule is [Cl][Co][Cl].[Sm]. The van der Waals surface area contributed by atoms with Gasteiger partial charge < -0.3 is 0 Å². The molecule has 29 valence electrons. The average Bonchev–Trinajstić information content (AvgIpc) is 0.918. The van der Waals surface area contributed by atoms with E-state index in [0.29, 0.717) is 12.9 Å². The van der Waals surface area contributed by atoms with Gasteiger partial charge in [0.2, 0.25) is 0 Å². The van der Waals surface area contributed by atoms with Crippen LogP contribution in [0.5, 0.6) is 0 Å². The molecule has 0 atom stereocenters. The van der Waals surface area contributed by atoms with Crippen molar-refractivity contribution in [2.75, 3.05) is 0 Å². The van der Waals surface area contributed by atoms with Crippen LogP contribution in [-0.2, 0) is 12.9 Å². The van der Waals surface area contributed by atoms with E-state index in [2.05, 4.69) is 0 Å². The molecule has 0 fully saturated rings. The zero-order chi connectivity index (χ0) is 2.71. The minimum absolute atomic E-state index is 0. The van der Waals surface area contributed by atoms with Gasteiger partial charge in [0.1, 0.15) is 0 Å². The van der Waals surface area contributed by atoms with Crippen molar-refractivity contribution >= 4 is 20.3 Å². The second-order valence-corrected chi connectivity index (χ2v) is 1.77. The number of hydrogen-bond acceptors (Lipinski definition) is 0. The van der Waals surface area contributed by atoms with Crippen LogP contribution in [0.25, 0.3) is 0 Å². The van der Waals surface area contributed by atoms with Gasteiger partial charge in [-0.15, -0.1) is 0 Å². The Labute approximate surface area is 72.2 Å². The van der Waals surface area contributed by atoms with E-state index in [9.17, 15) is 0 Å². The molecule has 0 aliphatic rings. The number of halogens is 2. The Hall–Kier alpha value is 2.42. The van der Waals surface area contributed by atoms with E-state index in [1.165, 1.54) is 0 Å². The molecule has 0 aromatic carbocycles. The van der Waals surface area contributed by atoms with Gasteiger partial charge >= 0.3 is 33.2 Å². The minimum atomic E-state index is 0. The third-order valence-electron chi connectivity index (χ3n) is 0. The van der Waals surface area contributed by atoms with Gasteiger partial charge in [-0.25, -0.2) is 0 Å². The number of hydrogen-bond donors (Lipinski definition) is 0. The van der Waals surface area contributed by atoms with Crippen LogP contribution in [0.2, 0.25) is 0 Å². The first-order valence-electron chi connectivity index (χ1n) is 0.252. The molecule has 4 heteroatoms. The quantitative estimate of drug-likeness (QED) is 0.629. The molecule has 0 heterocycles. The molecule has 0 aromatic heterocycles. The fourth-order valence-corrected chi connectivity index (χ4v) is 0. The molecule has 0 unspecified atom stereocenters. The topological polar surface area (TPSA) is 0 Å². The molecule has 0 N–H and O–H groups in total. The maximum Gasteiger partial charge on any atom is 0 e. The summed E-state index contributed by atoms with van der Waals surface area (Å²) in [6.45, 7) is 0. The Morgan fingerprint density at radius 1 is 1.25 bits per heavy atom. The van der Waals surface area contributed by atoms with E-state index in [1.807, 2.05) is 0 Å². The summed E-state index contributed by atoms with van der Waals surface area (Å²) in [5.41, 5.74) is 0. The monoisotopic (exact) mass is 281 g/mol. The summed E-state index contributed by atoms with van der Waals surface area (Å²) in [7, 11) is 9.47. The van der Waals surface area contributed by atoms with Crippen molar-refractivity contribution in [3.63, 3.8) is 0 Å². The smallest absolute Gasteiger partial charge is 0 e. The van der Waals surface area contributed by atoms with Gasteiger partial charge in [0, 0.05) is 40.4 Å². The van der Waals surface area contributed by atoms with Crippen LogP contribution in [0.4, 0.5) is 0 Å². The van der Waals surface area contributed by atoms with Crippen LogP contribution in [-0.4, -0.2) is 0 Å². The van der Waals surface area contributed by atoms with E-state index in [1.54, 1.807) is 0 Å². The van der Waals surface area contributed by atoms with E-state index in [-0.39, 0.29) is 40.4 Å². The second-order valence-electron chi connectivity index (χ2n) is 0.0476. The maximum atomic E-state index is 4.73. The van der Waals surface area contributed by atoms with Gasteiger partial charge in [0.25, 0.3) is 0 Å². The molecule has 0 saturated heterocycles. The molecule has 0 rings (SSSR count). The van der Waals surface area contributed by atoms with Crippen molar-refractivity contribution in [2.24, 2.45) is 0 Å². The Bertz CT molecular complexity index is 6.00. The molecular formula is Cl2CoSm. The predicted octanol–water partition coefficient (Wildman–Crippen LogP) is 1.38. The normalized spacial score (nSPS) is 5.50. The summed E-state index contributed by atoms with van der Waals surface area (Å²) in [5, 5.41) is 0. The first kappa shape index (κ1) is 9.66. The summed E-state index contributed by atoms with van der Waals surface area (Å²) in [6.07, 6.45) is 0. The molecule has 0 amide bonds. The zero-order valence-electron chi connectivity index (χ0n) is 1.50. The summed E-state index contributed by atoms with van der Waals surface area (Å²) >= 11 is 0.382. The van der Waals surface area contributed by atoms with Gasteiger partial charge in [0.05, 0.1) is 0 Å². The van der Waals surface area contributed by atoms with Gasteiger partial charge in [0.15, 0.2) is 0 Å². The van der Waals surface area contributed by atoms with Crippen molar-refractivity contribution in [1.82, 2.24) is 0 Å². The van der Waals surface area contributed by atoms with Gasteiger partial charge in [-0.1, -0.05) is 0 Å². The average molecular weight is 280 g/mol. The van der Waals surface area contributed by atoms with Crippen LogP contribution >= 0.6 is 20.3 Å². The molecule has 4 heavy (non-hydrogen) atoms. The molecule has 0 spiro atoms. The standard InChI is InChI=1S/2ClH.Co.Sm/h2*1H;;/q;;+2;/p-2. The second kappa shape index (κ2) is 9.05. The fourth-order valence-electron chi connectivity index (χ4n) is 0. The first-order chi connectivity index (χ1) is 1.41. The molecule has 0 aromatic rings.